The molecule has 41 heavy (non-hydrogen) atoms. The van der Waals surface area contributed by atoms with Gasteiger partial charge in [-0.25, -0.2) is 0 Å². The monoisotopic (exact) mass is 578 g/mol. The first-order valence-electron chi connectivity index (χ1n) is 13.2. The van der Waals surface area contributed by atoms with Gasteiger partial charge in [-0.15, -0.1) is 0 Å². The molecule has 2 amide bonds. The summed E-state index contributed by atoms with van der Waals surface area (Å²) in [6.07, 6.45) is 0.820. The summed E-state index contributed by atoms with van der Waals surface area (Å²) in [6.45, 7) is 3.22. The topological polar surface area (TPSA) is 109 Å². The number of aromatic nitrogens is 1. The number of ether oxygens (including phenoxy) is 1. The molecule has 1 atom stereocenters. The third kappa shape index (κ3) is 6.58. The molecule has 212 valence electrons. The Balaban J connectivity index is 1.42. The third-order valence-electron chi connectivity index (χ3n) is 6.93. The Labute approximate surface area is 240 Å². The van der Waals surface area contributed by atoms with Gasteiger partial charge < -0.3 is 26.1 Å². The number of alkyl halides is 2. The molecule has 0 saturated heterocycles. The van der Waals surface area contributed by atoms with Gasteiger partial charge in [-0.1, -0.05) is 48.5 Å². The quantitative estimate of drug-likeness (QED) is 0.168. The van der Waals surface area contributed by atoms with Crippen molar-refractivity contribution in [2.24, 2.45) is 5.73 Å². The van der Waals surface area contributed by atoms with E-state index in [-0.39, 0.29) is 34.8 Å². The van der Waals surface area contributed by atoms with E-state index in [2.05, 4.69) is 22.2 Å². The lowest BCUT2D eigenvalue weighted by Crippen LogP contribution is -2.42. The predicted octanol–water partition coefficient (Wildman–Crippen LogP) is 5.84. The SMILES string of the molecule is C=CC(F)(F)Oc1ccc(-c2ccc(C(=O)NC3CC3)c(Cl)c2)cc1C(=O)NC(CN)Cc1c[nH]c2ccccc12. The largest absolute Gasteiger partial charge is 0.429 e. The van der Waals surface area contributed by atoms with Crippen LogP contribution in [0.15, 0.2) is 79.5 Å². The number of carbonyl (C=O) groups is 2. The molecule has 0 spiro atoms. The smallest absolute Gasteiger partial charge is 0.419 e. The van der Waals surface area contributed by atoms with Gasteiger partial charge in [-0.3, -0.25) is 9.59 Å². The van der Waals surface area contributed by atoms with E-state index in [1.807, 2.05) is 30.5 Å². The first-order valence-corrected chi connectivity index (χ1v) is 13.6. The Bertz CT molecular complexity index is 1620. The van der Waals surface area contributed by atoms with E-state index in [4.69, 9.17) is 22.1 Å². The molecule has 1 aromatic heterocycles. The van der Waals surface area contributed by atoms with Gasteiger partial charge in [0.1, 0.15) is 5.75 Å². The summed E-state index contributed by atoms with van der Waals surface area (Å²) in [6, 6.07) is 16.6. The molecule has 1 aliphatic carbocycles. The molecule has 1 saturated carbocycles. The van der Waals surface area contributed by atoms with Crippen LogP contribution in [0.3, 0.4) is 0 Å². The molecule has 0 radical (unpaired) electrons. The molecular formula is C31H29ClF2N4O3. The van der Waals surface area contributed by atoms with Gasteiger partial charge in [0, 0.05) is 41.8 Å². The zero-order valence-corrected chi connectivity index (χ0v) is 22.8. The summed E-state index contributed by atoms with van der Waals surface area (Å²) < 4.78 is 33.2. The van der Waals surface area contributed by atoms with Crippen molar-refractivity contribution < 1.29 is 23.1 Å². The van der Waals surface area contributed by atoms with Crippen LogP contribution in [0.4, 0.5) is 8.78 Å². The fraction of sp³-hybridized carbons (Fsp3) is 0.226. The number of carbonyl (C=O) groups excluding carboxylic acids is 2. The summed E-state index contributed by atoms with van der Waals surface area (Å²) in [5, 5.41) is 6.99. The van der Waals surface area contributed by atoms with Gasteiger partial charge in [0.05, 0.1) is 16.1 Å². The van der Waals surface area contributed by atoms with Crippen LogP contribution in [0.1, 0.15) is 39.1 Å². The third-order valence-corrected chi connectivity index (χ3v) is 7.24. The minimum absolute atomic E-state index is 0.115. The van der Waals surface area contributed by atoms with Crippen LogP contribution < -0.4 is 21.1 Å². The van der Waals surface area contributed by atoms with Gasteiger partial charge in [0.25, 0.3) is 11.8 Å². The molecule has 7 nitrogen and oxygen atoms in total. The van der Waals surface area contributed by atoms with Gasteiger partial charge in [0.15, 0.2) is 0 Å². The van der Waals surface area contributed by atoms with Crippen LogP contribution >= 0.6 is 11.6 Å². The molecular weight excluding hydrogens is 550 g/mol. The van der Waals surface area contributed by atoms with Crippen LogP contribution in [-0.2, 0) is 6.42 Å². The second-order valence-electron chi connectivity index (χ2n) is 9.99. The lowest BCUT2D eigenvalue weighted by Gasteiger charge is -2.20. The molecule has 10 heteroatoms. The molecule has 5 N–H and O–H groups in total. The molecule has 1 heterocycles. The van der Waals surface area contributed by atoms with Crippen molar-refractivity contribution in [3.63, 3.8) is 0 Å². The Hall–Kier alpha value is -4.21. The minimum atomic E-state index is -3.70. The number of amides is 2. The van der Waals surface area contributed by atoms with Crippen LogP contribution in [0.25, 0.3) is 22.0 Å². The molecule has 1 aliphatic rings. The summed E-state index contributed by atoms with van der Waals surface area (Å²) in [5.74, 6) is -1.23. The van der Waals surface area contributed by atoms with E-state index in [0.717, 1.165) is 29.3 Å². The van der Waals surface area contributed by atoms with E-state index < -0.39 is 18.1 Å². The number of hydrogen-bond acceptors (Lipinski definition) is 4. The van der Waals surface area contributed by atoms with Gasteiger partial charge in [0.2, 0.25) is 0 Å². The summed E-state index contributed by atoms with van der Waals surface area (Å²) in [5.41, 5.74) is 9.22. The number of rotatable bonds is 11. The Morgan fingerprint density at radius 2 is 1.83 bits per heavy atom. The van der Waals surface area contributed by atoms with Crippen molar-refractivity contribution >= 4 is 34.3 Å². The van der Waals surface area contributed by atoms with E-state index in [1.165, 1.54) is 18.2 Å². The zero-order valence-electron chi connectivity index (χ0n) is 22.1. The van der Waals surface area contributed by atoms with E-state index in [1.54, 1.807) is 18.2 Å². The van der Waals surface area contributed by atoms with Gasteiger partial charge >= 0.3 is 6.11 Å². The highest BCUT2D eigenvalue weighted by atomic mass is 35.5. The van der Waals surface area contributed by atoms with Crippen molar-refractivity contribution in [3.05, 3.63) is 101 Å². The molecule has 4 aromatic rings. The van der Waals surface area contributed by atoms with Crippen LogP contribution in [0.5, 0.6) is 5.75 Å². The van der Waals surface area contributed by atoms with Crippen LogP contribution in [0.2, 0.25) is 5.02 Å². The average molecular weight is 579 g/mol. The fourth-order valence-corrected chi connectivity index (χ4v) is 4.82. The number of aromatic amines is 1. The standard InChI is InChI=1S/C31H29ClF2N4O3/c1-2-31(33,34)41-28-12-8-18(19-7-11-24(26(32)15-19)29(39)37-21-9-10-21)14-25(28)30(40)38-22(16-35)13-20-17-36-27-6-4-3-5-23(20)27/h2-8,11-12,14-15,17,21-22,36H,1,9-10,13,16,35H2,(H,37,39)(H,38,40). The van der Waals surface area contributed by atoms with Crippen LogP contribution in [0, 0.1) is 0 Å². The zero-order chi connectivity index (χ0) is 29.1. The second kappa shape index (κ2) is 11.7. The molecule has 3 aromatic carbocycles. The highest BCUT2D eigenvalue weighted by Crippen LogP contribution is 2.33. The van der Waals surface area contributed by atoms with Crippen molar-refractivity contribution in [3.8, 4) is 16.9 Å². The van der Waals surface area contributed by atoms with Gasteiger partial charge in [-0.05, 0) is 66.3 Å². The Kier molecular flexibility index (Phi) is 8.10. The highest BCUT2D eigenvalue weighted by molar-refractivity contribution is 6.34. The lowest BCUT2D eigenvalue weighted by molar-refractivity contribution is -0.131. The van der Waals surface area contributed by atoms with E-state index in [9.17, 15) is 18.4 Å². The van der Waals surface area contributed by atoms with Crippen molar-refractivity contribution in [2.45, 2.75) is 37.5 Å². The maximum Gasteiger partial charge on any atom is 0.419 e. The van der Waals surface area contributed by atoms with Gasteiger partial charge in [-0.2, -0.15) is 8.78 Å². The summed E-state index contributed by atoms with van der Waals surface area (Å²) >= 11 is 6.42. The number of para-hydroxylation sites is 1. The lowest BCUT2D eigenvalue weighted by atomic mass is 9.99. The molecule has 5 rings (SSSR count). The molecule has 1 fully saturated rings. The Morgan fingerprint density at radius 3 is 2.54 bits per heavy atom. The first kappa shape index (κ1) is 28.3. The summed E-state index contributed by atoms with van der Waals surface area (Å²) in [4.78, 5) is 29.2. The molecule has 1 unspecified atom stereocenters. The normalized spacial score (nSPS) is 14.0. The fourth-order valence-electron chi connectivity index (χ4n) is 4.56. The van der Waals surface area contributed by atoms with Crippen LogP contribution in [-0.4, -0.2) is 41.5 Å². The Morgan fingerprint density at radius 1 is 1.10 bits per heavy atom. The van der Waals surface area contributed by atoms with E-state index in [0.29, 0.717) is 29.2 Å². The number of nitrogens with one attached hydrogen (secondary N) is 3. The average Bonchev–Trinajstić information content (AvgIpc) is 3.69. The van der Waals surface area contributed by atoms with Crippen molar-refractivity contribution in [1.82, 2.24) is 15.6 Å². The number of nitrogens with two attached hydrogens (primary N) is 1. The number of halogens is 3. The van der Waals surface area contributed by atoms with E-state index >= 15 is 0 Å². The maximum atomic E-state index is 14.2. The number of H-pyrrole nitrogens is 1. The minimum Gasteiger partial charge on any atom is -0.429 e. The number of fused-ring (bicyclic) bond motifs is 1. The molecule has 0 bridgehead atoms. The van der Waals surface area contributed by atoms with Crippen molar-refractivity contribution in [1.29, 1.82) is 0 Å². The second-order valence-corrected chi connectivity index (χ2v) is 10.4. The highest BCUT2D eigenvalue weighted by Gasteiger charge is 2.30. The number of hydrogen-bond donors (Lipinski definition) is 4. The maximum absolute atomic E-state index is 14.2. The molecule has 0 aliphatic heterocycles. The van der Waals surface area contributed by atoms with Crippen molar-refractivity contribution in [2.75, 3.05) is 6.54 Å². The summed E-state index contributed by atoms with van der Waals surface area (Å²) in [7, 11) is 0. The number of benzene rings is 3. The predicted molar refractivity (Wildman–Crippen MR) is 155 cm³/mol. The first-order chi connectivity index (χ1) is 19.7.